The maximum atomic E-state index is 3.97. The van der Waals surface area contributed by atoms with Crippen molar-refractivity contribution in [2.24, 2.45) is 17.8 Å². The average molecular weight is 333 g/mol. The molecule has 0 aromatic carbocycles. The van der Waals surface area contributed by atoms with E-state index in [9.17, 15) is 0 Å². The minimum absolute atomic E-state index is 0.697. The highest BCUT2D eigenvalue weighted by molar-refractivity contribution is 5.24. The van der Waals surface area contributed by atoms with Gasteiger partial charge in [-0.25, -0.2) is 0 Å². The van der Waals surface area contributed by atoms with Crippen molar-refractivity contribution in [2.75, 3.05) is 0 Å². The van der Waals surface area contributed by atoms with Gasteiger partial charge in [0.25, 0.3) is 0 Å². The summed E-state index contributed by atoms with van der Waals surface area (Å²) in [6.45, 7) is 20.1. The molecule has 0 saturated carbocycles. The molecule has 0 aromatic rings. The molecule has 0 spiro atoms. The van der Waals surface area contributed by atoms with Crippen molar-refractivity contribution in [3.63, 3.8) is 0 Å². The van der Waals surface area contributed by atoms with Gasteiger partial charge in [0.05, 0.1) is 0 Å². The second-order valence-corrected chi connectivity index (χ2v) is 8.39. The summed E-state index contributed by atoms with van der Waals surface area (Å²) in [4.78, 5) is 0. The molecule has 0 rings (SSSR count). The molecule has 24 heavy (non-hydrogen) atoms. The predicted octanol–water partition coefficient (Wildman–Crippen LogP) is 8.50. The summed E-state index contributed by atoms with van der Waals surface area (Å²) in [5.41, 5.74) is 4.23. The lowest BCUT2D eigenvalue weighted by atomic mass is 9.85. The highest BCUT2D eigenvalue weighted by atomic mass is 14.2. The Labute approximate surface area is 153 Å². The lowest BCUT2D eigenvalue weighted by Crippen LogP contribution is -2.07. The maximum Gasteiger partial charge on any atom is -0.0141 e. The van der Waals surface area contributed by atoms with Gasteiger partial charge in [0, 0.05) is 0 Å². The lowest BCUT2D eigenvalue weighted by Gasteiger charge is -2.21. The van der Waals surface area contributed by atoms with Crippen LogP contribution in [-0.2, 0) is 0 Å². The molecule has 2 atom stereocenters. The first-order valence-electron chi connectivity index (χ1n) is 10.3. The van der Waals surface area contributed by atoms with Crippen molar-refractivity contribution in [1.29, 1.82) is 0 Å². The molecule has 0 aliphatic carbocycles. The molecule has 0 saturated heterocycles. The highest BCUT2D eigenvalue weighted by Gasteiger charge is 2.13. The third-order valence-electron chi connectivity index (χ3n) is 5.32. The molecule has 140 valence electrons. The molecule has 2 unspecified atom stereocenters. The minimum atomic E-state index is 0.697. The van der Waals surface area contributed by atoms with Crippen LogP contribution in [0.3, 0.4) is 0 Å². The number of unbranched alkanes of at least 4 members (excludes halogenated alkanes) is 1. The molecule has 0 aliphatic heterocycles. The third kappa shape index (κ3) is 11.7. The molecule has 0 amide bonds. The largest absolute Gasteiger partial charge is 0.0998 e. The van der Waals surface area contributed by atoms with Crippen LogP contribution in [0.25, 0.3) is 0 Å². The van der Waals surface area contributed by atoms with E-state index in [-0.39, 0.29) is 0 Å². The molecular weight excluding hydrogens is 288 g/mol. The summed E-state index contributed by atoms with van der Waals surface area (Å²) in [6, 6.07) is 0. The normalized spacial score (nSPS) is 15.7. The quantitative estimate of drug-likeness (QED) is 0.234. The monoisotopic (exact) mass is 332 g/mol. The van der Waals surface area contributed by atoms with Crippen LogP contribution < -0.4 is 0 Å². The summed E-state index contributed by atoms with van der Waals surface area (Å²) in [6.07, 6.45) is 15.2. The van der Waals surface area contributed by atoms with Gasteiger partial charge in [-0.2, -0.15) is 0 Å². The van der Waals surface area contributed by atoms with Gasteiger partial charge in [0.2, 0.25) is 0 Å². The van der Waals surface area contributed by atoms with Crippen LogP contribution in [-0.4, -0.2) is 0 Å². The van der Waals surface area contributed by atoms with E-state index < -0.39 is 0 Å². The minimum Gasteiger partial charge on any atom is -0.0998 e. The smallest absolute Gasteiger partial charge is 0.0141 e. The Morgan fingerprint density at radius 1 is 0.917 bits per heavy atom. The maximum absolute atomic E-state index is 3.97. The van der Waals surface area contributed by atoms with E-state index in [1.165, 1.54) is 56.1 Å². The van der Waals surface area contributed by atoms with Crippen LogP contribution in [0.2, 0.25) is 0 Å². The molecule has 0 radical (unpaired) electrons. The zero-order chi connectivity index (χ0) is 18.5. The molecule has 0 heterocycles. The van der Waals surface area contributed by atoms with E-state index in [0.717, 1.165) is 18.3 Å². The van der Waals surface area contributed by atoms with Gasteiger partial charge in [-0.05, 0) is 57.8 Å². The van der Waals surface area contributed by atoms with Gasteiger partial charge in [0.1, 0.15) is 0 Å². The fourth-order valence-electron chi connectivity index (χ4n) is 3.15. The number of allylic oxidation sites excluding steroid dienone is 5. The molecule has 0 N–H and O–H groups in total. The first-order valence-corrected chi connectivity index (χ1v) is 10.3. The van der Waals surface area contributed by atoms with Crippen LogP contribution >= 0.6 is 0 Å². The summed E-state index contributed by atoms with van der Waals surface area (Å²) >= 11 is 0. The third-order valence-corrected chi connectivity index (χ3v) is 5.32. The van der Waals surface area contributed by atoms with Crippen LogP contribution in [0.4, 0.5) is 0 Å². The SMILES string of the molecule is C=C(C)CC=CC(C)=C(C)C(C)CCC(CCCC)CCC(C)C. The zero-order valence-electron chi connectivity index (χ0n) is 17.8. The van der Waals surface area contributed by atoms with Gasteiger partial charge >= 0.3 is 0 Å². The van der Waals surface area contributed by atoms with Gasteiger partial charge in [-0.3, -0.25) is 0 Å². The van der Waals surface area contributed by atoms with Crippen molar-refractivity contribution in [3.8, 4) is 0 Å². The van der Waals surface area contributed by atoms with Crippen LogP contribution in [0.15, 0.2) is 35.5 Å². The average Bonchev–Trinajstić information content (AvgIpc) is 2.52. The highest BCUT2D eigenvalue weighted by Crippen LogP contribution is 2.28. The van der Waals surface area contributed by atoms with Crippen LogP contribution in [0, 0.1) is 17.8 Å². The second-order valence-electron chi connectivity index (χ2n) is 8.39. The van der Waals surface area contributed by atoms with E-state index in [4.69, 9.17) is 0 Å². The van der Waals surface area contributed by atoms with Crippen molar-refractivity contribution in [1.82, 2.24) is 0 Å². The Balaban J connectivity index is 4.53. The van der Waals surface area contributed by atoms with E-state index in [1.54, 1.807) is 5.57 Å². The van der Waals surface area contributed by atoms with Gasteiger partial charge < -0.3 is 0 Å². The Hall–Kier alpha value is -0.780. The zero-order valence-corrected chi connectivity index (χ0v) is 17.8. The van der Waals surface area contributed by atoms with Crippen molar-refractivity contribution in [2.45, 2.75) is 99.8 Å². The van der Waals surface area contributed by atoms with Crippen LogP contribution in [0.5, 0.6) is 0 Å². The Bertz CT molecular complexity index is 394. The van der Waals surface area contributed by atoms with E-state index in [0.29, 0.717) is 5.92 Å². The first-order chi connectivity index (χ1) is 11.3. The van der Waals surface area contributed by atoms with Crippen molar-refractivity contribution >= 4 is 0 Å². The molecule has 0 nitrogen and oxygen atoms in total. The Kier molecular flexibility index (Phi) is 13.1. The summed E-state index contributed by atoms with van der Waals surface area (Å²) in [7, 11) is 0. The Morgan fingerprint density at radius 3 is 2.08 bits per heavy atom. The topological polar surface area (TPSA) is 0 Å². The molecule has 0 heteroatoms. The Morgan fingerprint density at radius 2 is 1.54 bits per heavy atom. The molecule has 0 aliphatic rings. The number of hydrogen-bond donors (Lipinski definition) is 0. The molecular formula is C24H44. The second kappa shape index (κ2) is 13.5. The van der Waals surface area contributed by atoms with E-state index in [1.807, 2.05) is 0 Å². The van der Waals surface area contributed by atoms with Gasteiger partial charge in [-0.1, -0.05) is 95.2 Å². The first kappa shape index (κ1) is 23.2. The molecule has 0 aromatic heterocycles. The predicted molar refractivity (Wildman–Crippen MR) is 112 cm³/mol. The number of rotatable bonds is 13. The fourth-order valence-corrected chi connectivity index (χ4v) is 3.15. The fraction of sp³-hybridized carbons (Fsp3) is 0.750. The lowest BCUT2D eigenvalue weighted by molar-refractivity contribution is 0.346. The van der Waals surface area contributed by atoms with E-state index >= 15 is 0 Å². The summed E-state index contributed by atoms with van der Waals surface area (Å²) in [5.74, 6) is 2.47. The van der Waals surface area contributed by atoms with Crippen LogP contribution in [0.1, 0.15) is 99.8 Å². The van der Waals surface area contributed by atoms with Crippen molar-refractivity contribution in [3.05, 3.63) is 35.5 Å². The standard InChI is InChI=1S/C24H44/c1-9-10-14-24(17-15-20(4)5)18-16-22(7)23(8)21(6)13-11-12-19(2)3/h11,13,20,22,24H,2,9-10,12,14-18H2,1,3-8H3. The van der Waals surface area contributed by atoms with Gasteiger partial charge in [0.15, 0.2) is 0 Å². The molecule has 0 fully saturated rings. The van der Waals surface area contributed by atoms with E-state index in [2.05, 4.69) is 67.2 Å². The van der Waals surface area contributed by atoms with Crippen molar-refractivity contribution < 1.29 is 0 Å². The number of hydrogen-bond acceptors (Lipinski definition) is 0. The molecule has 0 bridgehead atoms. The van der Waals surface area contributed by atoms with Gasteiger partial charge in [-0.15, -0.1) is 0 Å². The summed E-state index contributed by atoms with van der Waals surface area (Å²) < 4.78 is 0. The summed E-state index contributed by atoms with van der Waals surface area (Å²) in [5, 5.41) is 0.